The molecule has 0 saturated heterocycles. The quantitative estimate of drug-likeness (QED) is 0.601. The molecule has 0 amide bonds. The number of sulfonamides is 1. The average molecular weight is 300 g/mol. The van der Waals surface area contributed by atoms with Gasteiger partial charge in [-0.3, -0.25) is 0 Å². The highest BCUT2D eigenvalue weighted by Gasteiger charge is 2.30. The Hall–Kier alpha value is -1.31. The van der Waals surface area contributed by atoms with E-state index in [4.69, 9.17) is 10.5 Å². The molecule has 0 aromatic heterocycles. The van der Waals surface area contributed by atoms with Gasteiger partial charge in [0.1, 0.15) is 12.4 Å². The molecule has 2 rings (SSSR count). The van der Waals surface area contributed by atoms with Crippen LogP contribution in [0.15, 0.2) is 24.3 Å². The van der Waals surface area contributed by atoms with Gasteiger partial charge in [0.15, 0.2) is 0 Å². The number of ether oxygens (including phenoxy) is 1. The fraction of sp³-hybridized carbons (Fsp3) is 0.538. The normalized spacial score (nSPS) is 16.9. The van der Waals surface area contributed by atoms with Crippen LogP contribution in [0.1, 0.15) is 12.8 Å². The molecule has 0 bridgehead atoms. The number of rotatable bonds is 8. The fourth-order valence-corrected chi connectivity index (χ4v) is 2.68. The molecule has 1 aliphatic rings. The first-order valence-corrected chi connectivity index (χ1v) is 8.26. The van der Waals surface area contributed by atoms with E-state index < -0.39 is 16.1 Å². The van der Waals surface area contributed by atoms with Crippen molar-refractivity contribution in [3.8, 4) is 5.75 Å². The van der Waals surface area contributed by atoms with Crippen molar-refractivity contribution in [3.63, 3.8) is 0 Å². The third-order valence-electron chi connectivity index (χ3n) is 3.21. The van der Waals surface area contributed by atoms with Crippen LogP contribution in [0.3, 0.4) is 0 Å². The summed E-state index contributed by atoms with van der Waals surface area (Å²) < 4.78 is 31.2. The predicted octanol–water partition coefficient (Wildman–Crippen LogP) is 0.338. The Morgan fingerprint density at radius 2 is 2.10 bits per heavy atom. The largest absolute Gasteiger partial charge is 0.490 e. The van der Waals surface area contributed by atoms with Crippen molar-refractivity contribution in [1.82, 2.24) is 4.72 Å². The Bertz CT molecular complexity index is 543. The number of aliphatic hydroxyl groups excluding tert-OH is 1. The lowest BCUT2D eigenvalue weighted by Gasteiger charge is -2.12. The van der Waals surface area contributed by atoms with Gasteiger partial charge in [0, 0.05) is 6.54 Å². The number of hydrogen-bond donors (Lipinski definition) is 3. The summed E-state index contributed by atoms with van der Waals surface area (Å²) in [6.45, 7) is 0.0869. The van der Waals surface area contributed by atoms with Gasteiger partial charge in [0.2, 0.25) is 10.0 Å². The number of nitrogens with two attached hydrogens (primary N) is 1. The monoisotopic (exact) mass is 300 g/mol. The molecule has 0 aliphatic heterocycles. The van der Waals surface area contributed by atoms with Gasteiger partial charge in [0.25, 0.3) is 0 Å². The van der Waals surface area contributed by atoms with Crippen LogP contribution in [0.25, 0.3) is 0 Å². The Balaban J connectivity index is 1.73. The third-order valence-corrected chi connectivity index (χ3v) is 4.52. The van der Waals surface area contributed by atoms with Gasteiger partial charge in [0.05, 0.1) is 17.5 Å². The predicted molar refractivity (Wildman–Crippen MR) is 76.9 cm³/mol. The highest BCUT2D eigenvalue weighted by molar-refractivity contribution is 7.89. The molecule has 6 nitrogen and oxygen atoms in total. The molecule has 1 saturated carbocycles. The Morgan fingerprint density at radius 3 is 2.75 bits per heavy atom. The first-order chi connectivity index (χ1) is 9.48. The van der Waals surface area contributed by atoms with E-state index in [9.17, 15) is 13.5 Å². The Kier molecular flexibility index (Phi) is 4.85. The van der Waals surface area contributed by atoms with Crippen LogP contribution < -0.4 is 15.2 Å². The third kappa shape index (κ3) is 4.66. The fourth-order valence-electron chi connectivity index (χ4n) is 1.81. The van der Waals surface area contributed by atoms with E-state index in [-0.39, 0.29) is 24.8 Å². The molecule has 0 spiro atoms. The molecule has 20 heavy (non-hydrogen) atoms. The molecule has 1 aliphatic carbocycles. The number of benzene rings is 1. The highest BCUT2D eigenvalue weighted by Crippen LogP contribution is 2.32. The number of aliphatic hydroxyl groups is 1. The smallest absolute Gasteiger partial charge is 0.215 e. The average Bonchev–Trinajstić information content (AvgIpc) is 3.23. The van der Waals surface area contributed by atoms with Crippen molar-refractivity contribution in [3.05, 3.63) is 24.3 Å². The molecular weight excluding hydrogens is 280 g/mol. The summed E-state index contributed by atoms with van der Waals surface area (Å²) in [5, 5.41) is 9.62. The second kappa shape index (κ2) is 6.43. The van der Waals surface area contributed by atoms with Gasteiger partial charge < -0.3 is 15.6 Å². The number of hydrogen-bond acceptors (Lipinski definition) is 5. The summed E-state index contributed by atoms with van der Waals surface area (Å²) in [4.78, 5) is 0. The maximum absolute atomic E-state index is 11.7. The van der Waals surface area contributed by atoms with Gasteiger partial charge in [-0.15, -0.1) is 0 Å². The van der Waals surface area contributed by atoms with E-state index in [1.54, 1.807) is 24.3 Å². The molecule has 0 radical (unpaired) electrons. The van der Waals surface area contributed by atoms with E-state index in [1.165, 1.54) is 0 Å². The minimum atomic E-state index is -3.44. The highest BCUT2D eigenvalue weighted by atomic mass is 32.2. The van der Waals surface area contributed by atoms with E-state index in [0.29, 0.717) is 11.4 Å². The summed E-state index contributed by atoms with van der Waals surface area (Å²) in [5.74, 6) is 0.553. The van der Waals surface area contributed by atoms with E-state index in [0.717, 1.165) is 12.8 Å². The number of para-hydroxylation sites is 2. The maximum atomic E-state index is 11.7. The van der Waals surface area contributed by atoms with Crippen LogP contribution in [-0.2, 0) is 10.0 Å². The van der Waals surface area contributed by atoms with Crippen molar-refractivity contribution < 1.29 is 18.3 Å². The van der Waals surface area contributed by atoms with E-state index in [2.05, 4.69) is 4.72 Å². The minimum absolute atomic E-state index is 0.0169. The van der Waals surface area contributed by atoms with Gasteiger partial charge >= 0.3 is 0 Å². The summed E-state index contributed by atoms with van der Waals surface area (Å²) in [7, 11) is -3.44. The first kappa shape index (κ1) is 15.1. The minimum Gasteiger partial charge on any atom is -0.490 e. The Labute approximate surface area is 119 Å². The lowest BCUT2D eigenvalue weighted by molar-refractivity contribution is 0.155. The van der Waals surface area contributed by atoms with Crippen molar-refractivity contribution in [2.24, 2.45) is 5.92 Å². The van der Waals surface area contributed by atoms with Crippen molar-refractivity contribution in [1.29, 1.82) is 0 Å². The maximum Gasteiger partial charge on any atom is 0.215 e. The summed E-state index contributed by atoms with van der Waals surface area (Å²) in [5.41, 5.74) is 6.16. The second-order valence-corrected chi connectivity index (χ2v) is 6.88. The standard InChI is InChI=1S/C13H20N2O4S/c14-11-3-1-2-4-13(11)19-7-8-20(17,18)15-9-12(16)10-5-6-10/h1-4,10,12,15-16H,5-9,14H2. The van der Waals surface area contributed by atoms with Crippen LogP contribution in [-0.4, -0.2) is 38.5 Å². The topological polar surface area (TPSA) is 102 Å². The number of nitrogen functional groups attached to an aromatic ring is 1. The van der Waals surface area contributed by atoms with E-state index >= 15 is 0 Å². The van der Waals surface area contributed by atoms with Crippen molar-refractivity contribution in [2.75, 3.05) is 24.6 Å². The zero-order valence-corrected chi connectivity index (χ0v) is 12.0. The molecule has 112 valence electrons. The molecule has 1 aromatic rings. The molecule has 0 heterocycles. The molecule has 1 unspecified atom stereocenters. The summed E-state index contributed by atoms with van der Waals surface area (Å²) in [6.07, 6.45) is 1.36. The zero-order chi connectivity index (χ0) is 14.6. The van der Waals surface area contributed by atoms with Gasteiger partial charge in [-0.2, -0.15) is 0 Å². The van der Waals surface area contributed by atoms with Crippen molar-refractivity contribution in [2.45, 2.75) is 18.9 Å². The molecule has 1 fully saturated rings. The molecule has 1 aromatic carbocycles. The molecular formula is C13H20N2O4S. The zero-order valence-electron chi connectivity index (χ0n) is 11.2. The van der Waals surface area contributed by atoms with Gasteiger partial charge in [-0.25, -0.2) is 13.1 Å². The van der Waals surface area contributed by atoms with Gasteiger partial charge in [-0.1, -0.05) is 12.1 Å². The van der Waals surface area contributed by atoms with Crippen LogP contribution in [0, 0.1) is 5.92 Å². The summed E-state index contributed by atoms with van der Waals surface area (Å²) >= 11 is 0. The first-order valence-electron chi connectivity index (χ1n) is 6.60. The SMILES string of the molecule is Nc1ccccc1OCCS(=O)(=O)NCC(O)C1CC1. The van der Waals surface area contributed by atoms with Crippen LogP contribution >= 0.6 is 0 Å². The lowest BCUT2D eigenvalue weighted by atomic mass is 10.2. The molecule has 4 N–H and O–H groups in total. The Morgan fingerprint density at radius 1 is 1.40 bits per heavy atom. The molecule has 7 heteroatoms. The van der Waals surface area contributed by atoms with Gasteiger partial charge in [-0.05, 0) is 30.9 Å². The van der Waals surface area contributed by atoms with Crippen LogP contribution in [0.4, 0.5) is 5.69 Å². The van der Waals surface area contributed by atoms with Crippen LogP contribution in [0.5, 0.6) is 5.75 Å². The lowest BCUT2D eigenvalue weighted by Crippen LogP contribution is -2.35. The van der Waals surface area contributed by atoms with Crippen molar-refractivity contribution >= 4 is 15.7 Å². The van der Waals surface area contributed by atoms with E-state index in [1.807, 2.05) is 0 Å². The molecule has 1 atom stereocenters. The number of anilines is 1. The van der Waals surface area contributed by atoms with Crippen LogP contribution in [0.2, 0.25) is 0 Å². The number of nitrogens with one attached hydrogen (secondary N) is 1. The summed E-state index contributed by atoms with van der Waals surface area (Å²) in [6, 6.07) is 6.92. The second-order valence-electron chi connectivity index (χ2n) is 4.96.